The number of sulfonamides is 1. The Balaban J connectivity index is 0.000000708. The Morgan fingerprint density at radius 1 is 1.00 bits per heavy atom. The van der Waals surface area contributed by atoms with Gasteiger partial charge >= 0.3 is 18.3 Å². The lowest BCUT2D eigenvalue weighted by molar-refractivity contribution is -0.192. The summed E-state index contributed by atoms with van der Waals surface area (Å²) in [5, 5.41) is 12.9. The van der Waals surface area contributed by atoms with Crippen LogP contribution in [0.4, 0.5) is 49.5 Å². The van der Waals surface area contributed by atoms with Gasteiger partial charge in [-0.1, -0.05) is 0 Å². The van der Waals surface area contributed by atoms with Crippen LogP contribution in [0.2, 0.25) is 0 Å². The number of rotatable bonds is 8. The topological polar surface area (TPSA) is 155 Å². The number of aryl methyl sites for hydroxylation is 1. The summed E-state index contributed by atoms with van der Waals surface area (Å²) in [7, 11) is -2.64. The standard InChI is InChI=1S/C19H18BrF3N6O3S.C2HF3O2/c1-11-13(20)4-6-16(27-11)29-18-8-17(25-10-26-18)28-14-7-12(33(30,31)24-2)3-5-15(14)32-9-19(21,22)23;3-2(4,5)1(6)7/h3-8,10,24H,9H2,1-2H3,(H2,25,26,27,28,29);(H,6,7). The largest absolute Gasteiger partial charge is 0.490 e. The Hall–Kier alpha value is -3.71. The Bertz CT molecular complexity index is 1460. The van der Waals surface area contributed by atoms with Gasteiger partial charge < -0.3 is 20.5 Å². The molecule has 218 valence electrons. The fourth-order valence-corrected chi connectivity index (χ4v) is 3.53. The van der Waals surface area contributed by atoms with Crippen molar-refractivity contribution in [2.45, 2.75) is 24.2 Å². The number of aliphatic carboxylic acids is 1. The molecule has 40 heavy (non-hydrogen) atoms. The highest BCUT2D eigenvalue weighted by atomic mass is 79.9. The van der Waals surface area contributed by atoms with Crippen LogP contribution >= 0.6 is 15.9 Å². The third-order valence-electron chi connectivity index (χ3n) is 4.37. The summed E-state index contributed by atoms with van der Waals surface area (Å²) in [4.78, 5) is 21.2. The van der Waals surface area contributed by atoms with Crippen molar-refractivity contribution in [3.8, 4) is 5.75 Å². The number of anilines is 4. The number of alkyl halides is 6. The predicted octanol–water partition coefficient (Wildman–Crippen LogP) is 4.91. The van der Waals surface area contributed by atoms with Gasteiger partial charge in [-0.25, -0.2) is 32.9 Å². The van der Waals surface area contributed by atoms with E-state index in [4.69, 9.17) is 14.6 Å². The van der Waals surface area contributed by atoms with Crippen molar-refractivity contribution < 1.29 is 49.4 Å². The average Bonchev–Trinajstić information content (AvgIpc) is 2.85. The summed E-state index contributed by atoms with van der Waals surface area (Å²) >= 11 is 3.36. The Morgan fingerprint density at radius 2 is 1.60 bits per heavy atom. The highest BCUT2D eigenvalue weighted by Crippen LogP contribution is 2.32. The van der Waals surface area contributed by atoms with Crippen LogP contribution in [0.25, 0.3) is 0 Å². The number of carboxylic acid groups (broad SMARTS) is 1. The van der Waals surface area contributed by atoms with Crippen molar-refractivity contribution >= 4 is 55.1 Å². The number of hydrogen-bond acceptors (Lipinski definition) is 9. The Labute approximate surface area is 231 Å². The average molecular weight is 661 g/mol. The van der Waals surface area contributed by atoms with E-state index in [0.29, 0.717) is 11.6 Å². The van der Waals surface area contributed by atoms with E-state index in [1.54, 1.807) is 6.07 Å². The van der Waals surface area contributed by atoms with E-state index in [2.05, 4.69) is 46.2 Å². The van der Waals surface area contributed by atoms with Crippen LogP contribution in [0.5, 0.6) is 5.75 Å². The van der Waals surface area contributed by atoms with Gasteiger partial charge in [0.25, 0.3) is 0 Å². The van der Waals surface area contributed by atoms with Gasteiger partial charge in [0, 0.05) is 10.5 Å². The van der Waals surface area contributed by atoms with Gasteiger partial charge in [0.1, 0.15) is 29.5 Å². The lowest BCUT2D eigenvalue weighted by atomic mass is 10.3. The highest BCUT2D eigenvalue weighted by Gasteiger charge is 2.38. The highest BCUT2D eigenvalue weighted by molar-refractivity contribution is 9.10. The summed E-state index contributed by atoms with van der Waals surface area (Å²) in [5.41, 5.74) is 0.722. The van der Waals surface area contributed by atoms with Gasteiger partial charge in [-0.2, -0.15) is 26.3 Å². The zero-order chi connectivity index (χ0) is 30.3. The molecule has 0 unspecified atom stereocenters. The summed E-state index contributed by atoms with van der Waals surface area (Å²) in [6.07, 6.45) is -8.43. The maximum absolute atomic E-state index is 12.6. The third kappa shape index (κ3) is 10.1. The Morgan fingerprint density at radius 3 is 2.12 bits per heavy atom. The number of hydrogen-bond donors (Lipinski definition) is 4. The number of benzene rings is 1. The summed E-state index contributed by atoms with van der Waals surface area (Å²) in [6.45, 7) is 0.266. The van der Waals surface area contributed by atoms with Crippen molar-refractivity contribution in [3.63, 3.8) is 0 Å². The molecule has 4 N–H and O–H groups in total. The molecular formula is C21H19BrF6N6O5S. The molecule has 0 aliphatic rings. The molecule has 0 atom stereocenters. The van der Waals surface area contributed by atoms with Gasteiger partial charge in [-0.3, -0.25) is 0 Å². The summed E-state index contributed by atoms with van der Waals surface area (Å²) < 4.78 is 102. The first-order valence-corrected chi connectivity index (χ1v) is 12.8. The van der Waals surface area contributed by atoms with E-state index in [1.165, 1.54) is 19.4 Å². The minimum absolute atomic E-state index is 0.0298. The Kier molecular flexibility index (Phi) is 10.6. The lowest BCUT2D eigenvalue weighted by Crippen LogP contribution is -2.21. The normalized spacial score (nSPS) is 11.7. The van der Waals surface area contributed by atoms with E-state index in [9.17, 15) is 34.8 Å². The first kappa shape index (κ1) is 32.5. The molecule has 3 rings (SSSR count). The molecule has 0 fully saturated rings. The number of aromatic nitrogens is 3. The van der Waals surface area contributed by atoms with E-state index in [1.807, 2.05) is 13.0 Å². The van der Waals surface area contributed by atoms with Crippen LogP contribution < -0.4 is 20.1 Å². The molecule has 2 aromatic heterocycles. The van der Waals surface area contributed by atoms with Crippen molar-refractivity contribution in [2.75, 3.05) is 24.3 Å². The van der Waals surface area contributed by atoms with E-state index < -0.39 is 35.0 Å². The predicted molar refractivity (Wildman–Crippen MR) is 133 cm³/mol. The monoisotopic (exact) mass is 660 g/mol. The molecule has 0 bridgehead atoms. The van der Waals surface area contributed by atoms with Crippen molar-refractivity contribution in [3.05, 3.63) is 52.9 Å². The molecule has 11 nitrogen and oxygen atoms in total. The second kappa shape index (κ2) is 13.1. The lowest BCUT2D eigenvalue weighted by Gasteiger charge is -2.16. The van der Waals surface area contributed by atoms with Crippen molar-refractivity contribution in [1.29, 1.82) is 0 Å². The number of halogens is 7. The first-order chi connectivity index (χ1) is 18.4. The molecule has 0 spiro atoms. The summed E-state index contributed by atoms with van der Waals surface area (Å²) in [6, 6.07) is 8.42. The van der Waals surface area contributed by atoms with Gasteiger partial charge in [0.15, 0.2) is 6.61 Å². The number of carboxylic acids is 1. The van der Waals surface area contributed by atoms with Gasteiger partial charge in [-0.05, 0) is 60.2 Å². The molecule has 0 aliphatic carbocycles. The molecule has 0 amide bonds. The van der Waals surface area contributed by atoms with E-state index >= 15 is 0 Å². The first-order valence-electron chi connectivity index (χ1n) is 10.5. The van der Waals surface area contributed by atoms with Crippen LogP contribution in [0.15, 0.2) is 52.1 Å². The number of pyridine rings is 1. The van der Waals surface area contributed by atoms with Crippen LogP contribution in [0, 0.1) is 6.92 Å². The molecule has 3 aromatic rings. The zero-order valence-corrected chi connectivity index (χ0v) is 22.6. The molecule has 19 heteroatoms. The minimum Gasteiger partial charge on any atom is -0.482 e. The fourth-order valence-electron chi connectivity index (χ4n) is 2.55. The SMILES string of the molecule is CNS(=O)(=O)c1ccc(OCC(F)(F)F)c(Nc2cc(Nc3ccc(Br)c(C)n3)ncn2)c1.O=C(O)C(F)(F)F. The molecule has 2 heterocycles. The van der Waals surface area contributed by atoms with Crippen molar-refractivity contribution in [1.82, 2.24) is 19.7 Å². The van der Waals surface area contributed by atoms with E-state index in [0.717, 1.165) is 28.4 Å². The number of nitrogens with zero attached hydrogens (tertiary/aromatic N) is 3. The van der Waals surface area contributed by atoms with E-state index in [-0.39, 0.29) is 22.2 Å². The smallest absolute Gasteiger partial charge is 0.482 e. The fraction of sp³-hybridized carbons (Fsp3) is 0.238. The molecular weight excluding hydrogens is 642 g/mol. The zero-order valence-electron chi connectivity index (χ0n) is 20.2. The molecule has 0 aliphatic heterocycles. The molecule has 0 radical (unpaired) electrons. The van der Waals surface area contributed by atoms with Crippen LogP contribution in [0.1, 0.15) is 5.69 Å². The maximum atomic E-state index is 12.6. The van der Waals surface area contributed by atoms with Crippen LogP contribution in [-0.4, -0.2) is 60.5 Å². The van der Waals surface area contributed by atoms with Crippen LogP contribution in [-0.2, 0) is 14.8 Å². The number of carbonyl (C=O) groups is 1. The number of nitrogens with one attached hydrogen (secondary N) is 3. The van der Waals surface area contributed by atoms with Gasteiger partial charge in [-0.15, -0.1) is 0 Å². The van der Waals surface area contributed by atoms with Gasteiger partial charge in [0.05, 0.1) is 16.3 Å². The third-order valence-corrected chi connectivity index (χ3v) is 6.62. The quantitative estimate of drug-likeness (QED) is 0.245. The van der Waals surface area contributed by atoms with Crippen LogP contribution in [0.3, 0.4) is 0 Å². The second-order valence-electron chi connectivity index (χ2n) is 7.37. The van der Waals surface area contributed by atoms with Gasteiger partial charge in [0.2, 0.25) is 10.0 Å². The number of ether oxygens (including phenoxy) is 1. The maximum Gasteiger partial charge on any atom is 0.490 e. The second-order valence-corrected chi connectivity index (χ2v) is 10.1. The minimum atomic E-state index is -5.08. The molecule has 0 saturated carbocycles. The molecule has 0 saturated heterocycles. The van der Waals surface area contributed by atoms with Crippen molar-refractivity contribution in [2.24, 2.45) is 0 Å². The molecule has 1 aromatic carbocycles. The summed E-state index contributed by atoms with van der Waals surface area (Å²) in [5.74, 6) is -1.93.